The molecular weight excluding hydrogens is 645 g/mol. The summed E-state index contributed by atoms with van der Waals surface area (Å²) >= 11 is 0. The molecule has 2 saturated carbocycles. The van der Waals surface area contributed by atoms with Gasteiger partial charge in [-0.15, -0.1) is 0 Å². The zero-order chi connectivity index (χ0) is 34.5. The molecule has 10 atom stereocenters. The van der Waals surface area contributed by atoms with E-state index in [9.17, 15) is 51.0 Å². The average Bonchev–Trinajstić information content (AvgIpc) is 3.25. The van der Waals surface area contributed by atoms with Gasteiger partial charge in [-0.2, -0.15) is 21.6 Å². The molecule has 2 saturated heterocycles. The number of esters is 3. The summed E-state index contributed by atoms with van der Waals surface area (Å²) in [5, 5.41) is 23.4. The van der Waals surface area contributed by atoms with Crippen molar-refractivity contribution in [2.75, 3.05) is 13.7 Å². The SMILES string of the molecule is COC(=O)[C@@]12OC[C@]34C(C(O)C1O)[C@@]1(C)CC(=O)C(OS(=O)(=O)C(F)(F)F)=C(C)C1C[C@H]3OC(=O)[C@H](OC(=O)C=C(C)C(C)C)[C@H]42. The molecule has 2 N–H and O–H groups in total. The molecule has 0 aromatic rings. The third-order valence-electron chi connectivity index (χ3n) is 10.8. The van der Waals surface area contributed by atoms with Crippen molar-refractivity contribution in [3.8, 4) is 0 Å². The van der Waals surface area contributed by atoms with Gasteiger partial charge < -0.3 is 33.3 Å². The molecule has 4 unspecified atom stereocenters. The minimum absolute atomic E-state index is 0.0684. The first kappa shape index (κ1) is 34.3. The first-order chi connectivity index (χ1) is 21.1. The van der Waals surface area contributed by atoms with Crippen LogP contribution in [0.4, 0.5) is 13.2 Å². The molecule has 0 amide bonds. The maximum absolute atomic E-state index is 13.6. The van der Waals surface area contributed by atoms with Gasteiger partial charge >= 0.3 is 33.5 Å². The van der Waals surface area contributed by atoms with Crippen LogP contribution in [0.25, 0.3) is 0 Å². The lowest BCUT2D eigenvalue weighted by Crippen LogP contribution is -2.79. The number of ether oxygens (including phenoxy) is 4. The summed E-state index contributed by atoms with van der Waals surface area (Å²) in [4.78, 5) is 53.5. The van der Waals surface area contributed by atoms with E-state index in [4.69, 9.17) is 18.9 Å². The Morgan fingerprint density at radius 2 is 1.78 bits per heavy atom. The van der Waals surface area contributed by atoms with Crippen LogP contribution in [0.3, 0.4) is 0 Å². The first-order valence-electron chi connectivity index (χ1n) is 14.5. The number of aliphatic hydroxyl groups is 2. The number of allylic oxidation sites excluding steroid dienone is 3. The lowest BCUT2D eigenvalue weighted by Gasteiger charge is -2.67. The van der Waals surface area contributed by atoms with Crippen LogP contribution >= 0.6 is 0 Å². The van der Waals surface area contributed by atoms with Crippen LogP contribution in [0, 0.1) is 34.5 Å². The lowest BCUT2D eigenvalue weighted by atomic mass is 9.38. The summed E-state index contributed by atoms with van der Waals surface area (Å²) in [6.07, 6.45) is -6.83. The Kier molecular flexibility index (Phi) is 8.02. The van der Waals surface area contributed by atoms with Gasteiger partial charge in [0.1, 0.15) is 12.2 Å². The number of fused-ring (bicyclic) bond motifs is 2. The Labute approximate surface area is 262 Å². The zero-order valence-corrected chi connectivity index (χ0v) is 26.6. The van der Waals surface area contributed by atoms with Gasteiger partial charge in [0.2, 0.25) is 11.7 Å². The van der Waals surface area contributed by atoms with E-state index in [1.165, 1.54) is 13.8 Å². The molecule has 5 aliphatic rings. The van der Waals surface area contributed by atoms with E-state index < -0.39 is 117 Å². The third kappa shape index (κ3) is 4.48. The van der Waals surface area contributed by atoms with E-state index in [0.29, 0.717) is 5.57 Å². The predicted molar refractivity (Wildman–Crippen MR) is 145 cm³/mol. The van der Waals surface area contributed by atoms with E-state index >= 15 is 0 Å². The summed E-state index contributed by atoms with van der Waals surface area (Å²) in [6, 6.07) is 0. The summed E-state index contributed by atoms with van der Waals surface area (Å²) in [5.74, 6) is -9.29. The van der Waals surface area contributed by atoms with Crippen LogP contribution in [0.1, 0.15) is 47.5 Å². The number of Topliss-reactive ketones (excluding diaryl/α,β-unsaturated/α-hetero) is 1. The molecule has 2 aliphatic heterocycles. The van der Waals surface area contributed by atoms with Crippen molar-refractivity contribution in [1.29, 1.82) is 0 Å². The van der Waals surface area contributed by atoms with E-state index in [-0.39, 0.29) is 17.9 Å². The Hall–Kier alpha value is -3.02. The molecule has 2 bridgehead atoms. The largest absolute Gasteiger partial charge is 0.534 e. The fourth-order valence-corrected chi connectivity index (χ4v) is 9.16. The second kappa shape index (κ2) is 10.8. The third-order valence-corrected chi connectivity index (χ3v) is 11.7. The molecular formula is C29H35F3O13S. The molecule has 5 rings (SSSR count). The van der Waals surface area contributed by atoms with E-state index in [2.05, 4.69) is 4.18 Å². The molecule has 0 aromatic carbocycles. The smallest absolute Gasteiger partial charge is 0.467 e. The van der Waals surface area contributed by atoms with Crippen LogP contribution in [0.5, 0.6) is 0 Å². The Morgan fingerprint density at radius 3 is 2.35 bits per heavy atom. The van der Waals surface area contributed by atoms with Gasteiger partial charge in [-0.1, -0.05) is 26.3 Å². The Balaban J connectivity index is 1.68. The minimum atomic E-state index is -6.23. The molecule has 46 heavy (non-hydrogen) atoms. The van der Waals surface area contributed by atoms with Gasteiger partial charge in [0.05, 0.1) is 25.7 Å². The molecule has 256 valence electrons. The van der Waals surface area contributed by atoms with Gasteiger partial charge in [0.25, 0.3) is 0 Å². The molecule has 1 spiro atoms. The highest BCUT2D eigenvalue weighted by atomic mass is 32.2. The maximum Gasteiger partial charge on any atom is 0.534 e. The zero-order valence-electron chi connectivity index (χ0n) is 25.7. The number of methoxy groups -OCH3 is 1. The quantitative estimate of drug-likeness (QED) is 0.135. The van der Waals surface area contributed by atoms with Crippen LogP contribution in [-0.2, 0) is 52.4 Å². The number of ketones is 1. The summed E-state index contributed by atoms with van der Waals surface area (Å²) in [6.45, 7) is 7.57. The molecule has 0 radical (unpaired) electrons. The van der Waals surface area contributed by atoms with E-state index in [1.54, 1.807) is 6.92 Å². The molecule has 4 fully saturated rings. The molecule has 0 aromatic heterocycles. The highest BCUT2D eigenvalue weighted by Crippen LogP contribution is 2.73. The second-order valence-electron chi connectivity index (χ2n) is 13.3. The Morgan fingerprint density at radius 1 is 1.15 bits per heavy atom. The number of halogens is 3. The normalized spacial score (nSPS) is 40.6. The molecule has 17 heteroatoms. The van der Waals surface area contributed by atoms with Crippen molar-refractivity contribution < 1.29 is 74.1 Å². The molecule has 2 heterocycles. The highest BCUT2D eigenvalue weighted by molar-refractivity contribution is 7.87. The fourth-order valence-electron chi connectivity index (χ4n) is 8.63. The lowest BCUT2D eigenvalue weighted by molar-refractivity contribution is -0.290. The van der Waals surface area contributed by atoms with Crippen LogP contribution in [-0.4, -0.2) is 91.6 Å². The van der Waals surface area contributed by atoms with Crippen LogP contribution < -0.4 is 0 Å². The predicted octanol–water partition coefficient (Wildman–Crippen LogP) is 1.46. The monoisotopic (exact) mass is 680 g/mol. The summed E-state index contributed by atoms with van der Waals surface area (Å²) < 4.78 is 90.0. The highest BCUT2D eigenvalue weighted by Gasteiger charge is 2.85. The van der Waals surface area contributed by atoms with Crippen molar-refractivity contribution >= 4 is 33.8 Å². The van der Waals surface area contributed by atoms with E-state index in [1.807, 2.05) is 13.8 Å². The minimum Gasteiger partial charge on any atom is -0.467 e. The van der Waals surface area contributed by atoms with Crippen molar-refractivity contribution in [2.24, 2.45) is 34.5 Å². The van der Waals surface area contributed by atoms with Gasteiger partial charge in [-0.05, 0) is 43.1 Å². The number of carbonyl (C=O) groups excluding carboxylic acids is 4. The Bertz CT molecular complexity index is 1550. The van der Waals surface area contributed by atoms with Crippen molar-refractivity contribution in [3.05, 3.63) is 23.0 Å². The number of hydrogen-bond acceptors (Lipinski definition) is 13. The summed E-state index contributed by atoms with van der Waals surface area (Å²) in [5.41, 5.74) is -10.9. The molecule has 13 nitrogen and oxygen atoms in total. The van der Waals surface area contributed by atoms with Gasteiger partial charge in [0, 0.05) is 23.8 Å². The summed E-state index contributed by atoms with van der Waals surface area (Å²) in [7, 11) is -5.24. The second-order valence-corrected chi connectivity index (χ2v) is 14.8. The standard InChI is InChI=1S/C29H35F3O13S/c1-11(2)12(3)7-17(34)44-20-22-27-10-42-28(22,25(38)41-6)23(36)18(35)21(27)26(5)9-15(33)19(45-46(39,40)29(30,31)32)13(4)14(26)8-16(27)43-24(20)37/h7,11,14,16,18,20-23,35-36H,8-10H2,1-6H3/t14?,16-,18?,20-,21?,22-,23?,26+,27-,28+/m1/s1. The van der Waals surface area contributed by atoms with Crippen molar-refractivity contribution in [1.82, 2.24) is 0 Å². The maximum atomic E-state index is 13.6. The number of carbonyl (C=O) groups is 4. The van der Waals surface area contributed by atoms with Gasteiger partial charge in [-0.3, -0.25) is 4.79 Å². The van der Waals surface area contributed by atoms with Crippen LogP contribution in [0.2, 0.25) is 0 Å². The topological polar surface area (TPSA) is 189 Å². The van der Waals surface area contributed by atoms with Crippen LogP contribution in [0.15, 0.2) is 23.0 Å². The fraction of sp³-hybridized carbons (Fsp3) is 0.724. The number of rotatable bonds is 6. The number of aliphatic hydroxyl groups excluding tert-OH is 2. The first-order valence-corrected chi connectivity index (χ1v) is 15.9. The van der Waals surface area contributed by atoms with Crippen molar-refractivity contribution in [3.63, 3.8) is 0 Å². The van der Waals surface area contributed by atoms with Crippen molar-refractivity contribution in [2.45, 2.75) is 83.0 Å². The van der Waals surface area contributed by atoms with Gasteiger partial charge in [0.15, 0.2) is 11.5 Å². The number of alkyl halides is 3. The number of hydrogen-bond donors (Lipinski definition) is 2. The van der Waals surface area contributed by atoms with E-state index in [0.717, 1.165) is 13.2 Å². The average molecular weight is 681 g/mol. The van der Waals surface area contributed by atoms with Gasteiger partial charge in [-0.25, -0.2) is 14.4 Å². The molecule has 3 aliphatic carbocycles.